The van der Waals surface area contributed by atoms with Gasteiger partial charge in [0.25, 0.3) is 0 Å². The fourth-order valence-corrected chi connectivity index (χ4v) is 2.98. The number of hydrogen-bond acceptors (Lipinski definition) is 5. The average Bonchev–Trinajstić information content (AvgIpc) is 2.98. The van der Waals surface area contributed by atoms with E-state index in [1.807, 2.05) is 17.5 Å². The van der Waals surface area contributed by atoms with Crippen molar-refractivity contribution in [1.82, 2.24) is 4.98 Å². The molecule has 4 nitrogen and oxygen atoms in total. The molecule has 0 aliphatic heterocycles. The number of nitriles is 1. The molecule has 0 saturated heterocycles. The molecule has 1 amide bonds. The van der Waals surface area contributed by atoms with Gasteiger partial charge >= 0.3 is 0 Å². The highest BCUT2D eigenvalue weighted by molar-refractivity contribution is 7.20. The Hall–Kier alpha value is -1.42. The topological polar surface area (TPSA) is 65.8 Å². The van der Waals surface area contributed by atoms with Crippen molar-refractivity contribution in [2.24, 2.45) is 5.41 Å². The molecule has 98 valence electrons. The molecule has 2 heterocycles. The monoisotopic (exact) mass is 311 g/mol. The number of carbonyl (C=O) groups is 1. The van der Waals surface area contributed by atoms with Crippen molar-refractivity contribution < 1.29 is 4.79 Å². The lowest BCUT2D eigenvalue weighted by atomic mass is 9.95. The SMILES string of the molecule is CC(C)(C#N)C(=O)Nc1nc(-c2ccc(Cl)s2)cs1. The molecule has 19 heavy (non-hydrogen) atoms. The Morgan fingerprint density at radius 1 is 1.53 bits per heavy atom. The second kappa shape index (κ2) is 5.29. The van der Waals surface area contributed by atoms with Crippen molar-refractivity contribution in [2.75, 3.05) is 5.32 Å². The molecule has 0 unspecified atom stereocenters. The molecule has 0 aromatic carbocycles. The van der Waals surface area contributed by atoms with Gasteiger partial charge in [0.15, 0.2) is 5.13 Å². The van der Waals surface area contributed by atoms with E-state index in [1.54, 1.807) is 19.9 Å². The van der Waals surface area contributed by atoms with Gasteiger partial charge in [-0.15, -0.1) is 22.7 Å². The molecular weight excluding hydrogens is 302 g/mol. The van der Waals surface area contributed by atoms with Gasteiger partial charge in [-0.3, -0.25) is 4.79 Å². The largest absolute Gasteiger partial charge is 0.301 e. The first-order chi connectivity index (χ1) is 8.92. The lowest BCUT2D eigenvalue weighted by Crippen LogP contribution is -2.29. The summed E-state index contributed by atoms with van der Waals surface area (Å²) in [5.74, 6) is -0.361. The Kier molecular flexibility index (Phi) is 3.90. The van der Waals surface area contributed by atoms with Gasteiger partial charge < -0.3 is 5.32 Å². The van der Waals surface area contributed by atoms with Crippen molar-refractivity contribution in [1.29, 1.82) is 5.26 Å². The molecule has 2 aromatic rings. The van der Waals surface area contributed by atoms with Crippen molar-refractivity contribution in [3.63, 3.8) is 0 Å². The summed E-state index contributed by atoms with van der Waals surface area (Å²) >= 11 is 8.62. The lowest BCUT2D eigenvalue weighted by molar-refractivity contribution is -0.121. The van der Waals surface area contributed by atoms with Crippen molar-refractivity contribution >= 4 is 45.3 Å². The summed E-state index contributed by atoms with van der Waals surface area (Å²) in [7, 11) is 0. The van der Waals surface area contributed by atoms with Crippen LogP contribution in [0, 0.1) is 16.7 Å². The highest BCUT2D eigenvalue weighted by Crippen LogP contribution is 2.33. The van der Waals surface area contributed by atoms with Gasteiger partial charge in [-0.2, -0.15) is 5.26 Å². The zero-order valence-corrected chi connectivity index (χ0v) is 12.6. The Bertz CT molecular complexity index is 654. The molecular formula is C12H10ClN3OS2. The van der Waals surface area contributed by atoms with Crippen molar-refractivity contribution in [2.45, 2.75) is 13.8 Å². The maximum Gasteiger partial charge on any atom is 0.246 e. The summed E-state index contributed by atoms with van der Waals surface area (Å²) in [6.45, 7) is 3.13. The fraction of sp³-hybridized carbons (Fsp3) is 0.250. The third-order valence-electron chi connectivity index (χ3n) is 2.40. The number of anilines is 1. The Morgan fingerprint density at radius 3 is 2.84 bits per heavy atom. The maximum atomic E-state index is 11.8. The summed E-state index contributed by atoms with van der Waals surface area (Å²) in [6, 6.07) is 5.64. The summed E-state index contributed by atoms with van der Waals surface area (Å²) in [5, 5.41) is 13.9. The second-order valence-electron chi connectivity index (χ2n) is 4.33. The Labute approximate surface area is 123 Å². The minimum atomic E-state index is -1.07. The van der Waals surface area contributed by atoms with Crippen LogP contribution < -0.4 is 5.32 Å². The van der Waals surface area contributed by atoms with Crippen LogP contribution in [0.5, 0.6) is 0 Å². The fourth-order valence-electron chi connectivity index (χ4n) is 1.20. The van der Waals surface area contributed by atoms with Crippen LogP contribution >= 0.6 is 34.3 Å². The molecule has 0 atom stereocenters. The van der Waals surface area contributed by atoms with E-state index in [0.29, 0.717) is 9.47 Å². The Morgan fingerprint density at radius 2 is 2.26 bits per heavy atom. The minimum absolute atomic E-state index is 0.361. The van der Waals surface area contributed by atoms with Crippen molar-refractivity contribution in [3.8, 4) is 16.6 Å². The molecule has 0 bridgehead atoms. The van der Waals surface area contributed by atoms with E-state index in [2.05, 4.69) is 10.3 Å². The van der Waals surface area contributed by atoms with Gasteiger partial charge in [-0.1, -0.05) is 11.6 Å². The third-order valence-corrected chi connectivity index (χ3v) is 4.41. The van der Waals surface area contributed by atoms with E-state index in [9.17, 15) is 4.79 Å². The first kappa shape index (κ1) is 14.0. The van der Waals surface area contributed by atoms with Gasteiger partial charge in [0.1, 0.15) is 5.41 Å². The number of rotatable bonds is 3. The molecule has 7 heteroatoms. The van der Waals surface area contributed by atoms with Gasteiger partial charge in [-0.25, -0.2) is 4.98 Å². The predicted octanol–water partition coefficient (Wildman–Crippen LogP) is 4.01. The van der Waals surface area contributed by atoms with Crippen LogP contribution in [0.1, 0.15) is 13.8 Å². The highest BCUT2D eigenvalue weighted by atomic mass is 35.5. The van der Waals surface area contributed by atoms with Crippen LogP contribution in [-0.2, 0) is 4.79 Å². The van der Waals surface area contributed by atoms with Gasteiger partial charge in [0.05, 0.1) is 21.0 Å². The van der Waals surface area contributed by atoms with Crippen LogP contribution in [-0.4, -0.2) is 10.9 Å². The smallest absolute Gasteiger partial charge is 0.246 e. The first-order valence-corrected chi connectivity index (χ1v) is 7.44. The number of amides is 1. The highest BCUT2D eigenvalue weighted by Gasteiger charge is 2.28. The van der Waals surface area contributed by atoms with E-state index in [4.69, 9.17) is 16.9 Å². The van der Waals surface area contributed by atoms with E-state index < -0.39 is 5.41 Å². The number of aromatic nitrogens is 1. The zero-order valence-electron chi connectivity index (χ0n) is 10.2. The summed E-state index contributed by atoms with van der Waals surface area (Å²) in [5.41, 5.74) is -0.301. The second-order valence-corrected chi connectivity index (χ2v) is 6.91. The molecule has 2 aromatic heterocycles. The lowest BCUT2D eigenvalue weighted by Gasteiger charge is -2.12. The summed E-state index contributed by atoms with van der Waals surface area (Å²) in [4.78, 5) is 17.1. The Balaban J connectivity index is 2.15. The van der Waals surface area contributed by atoms with E-state index >= 15 is 0 Å². The van der Waals surface area contributed by atoms with Gasteiger partial charge in [0.2, 0.25) is 5.91 Å². The van der Waals surface area contributed by atoms with Crippen LogP contribution in [0.15, 0.2) is 17.5 Å². The number of nitrogens with one attached hydrogen (secondary N) is 1. The van der Waals surface area contributed by atoms with Crippen LogP contribution in [0.3, 0.4) is 0 Å². The normalized spacial score (nSPS) is 11.1. The molecule has 2 rings (SSSR count). The first-order valence-electron chi connectivity index (χ1n) is 5.36. The summed E-state index contributed by atoms with van der Waals surface area (Å²) in [6.07, 6.45) is 0. The molecule has 0 aliphatic carbocycles. The van der Waals surface area contributed by atoms with Crippen LogP contribution in [0.4, 0.5) is 5.13 Å². The average molecular weight is 312 g/mol. The quantitative estimate of drug-likeness (QED) is 0.931. The van der Waals surface area contributed by atoms with E-state index in [1.165, 1.54) is 22.7 Å². The number of carbonyl (C=O) groups excluding carboxylic acids is 1. The number of thiophene rings is 1. The van der Waals surface area contributed by atoms with E-state index in [-0.39, 0.29) is 5.91 Å². The van der Waals surface area contributed by atoms with Gasteiger partial charge in [-0.05, 0) is 26.0 Å². The van der Waals surface area contributed by atoms with Crippen LogP contribution in [0.2, 0.25) is 4.34 Å². The molecule has 0 saturated carbocycles. The standard InChI is InChI=1S/C12H10ClN3OS2/c1-12(2,6-14)10(17)16-11-15-7(5-18-11)8-3-4-9(13)19-8/h3-5H,1-2H3,(H,15,16,17). The molecule has 0 fully saturated rings. The molecule has 0 radical (unpaired) electrons. The zero-order chi connectivity index (χ0) is 14.0. The number of nitrogens with zero attached hydrogens (tertiary/aromatic N) is 2. The van der Waals surface area contributed by atoms with Crippen molar-refractivity contribution in [3.05, 3.63) is 21.8 Å². The number of thiazole rings is 1. The molecule has 1 N–H and O–H groups in total. The number of hydrogen-bond donors (Lipinski definition) is 1. The molecule has 0 spiro atoms. The van der Waals surface area contributed by atoms with E-state index in [0.717, 1.165) is 10.6 Å². The number of halogens is 1. The third kappa shape index (κ3) is 3.13. The minimum Gasteiger partial charge on any atom is -0.301 e. The summed E-state index contributed by atoms with van der Waals surface area (Å²) < 4.78 is 0.694. The predicted molar refractivity (Wildman–Crippen MR) is 78.5 cm³/mol. The van der Waals surface area contributed by atoms with Gasteiger partial charge in [0, 0.05) is 5.38 Å². The molecule has 0 aliphatic rings. The van der Waals surface area contributed by atoms with Crippen LogP contribution in [0.25, 0.3) is 10.6 Å². The maximum absolute atomic E-state index is 11.8.